The van der Waals surface area contributed by atoms with E-state index in [0.29, 0.717) is 17.9 Å². The first kappa shape index (κ1) is 22.0. The average Bonchev–Trinajstić information content (AvgIpc) is 3.09. The summed E-state index contributed by atoms with van der Waals surface area (Å²) in [6, 6.07) is 13.0. The third-order valence-electron chi connectivity index (χ3n) is 5.22. The molecule has 2 heterocycles. The van der Waals surface area contributed by atoms with Gasteiger partial charge in [0.1, 0.15) is 5.75 Å². The highest BCUT2D eigenvalue weighted by atomic mass is 32.1. The zero-order valence-electron chi connectivity index (χ0n) is 18.8. The van der Waals surface area contributed by atoms with Crippen LogP contribution < -0.4 is 9.64 Å². The van der Waals surface area contributed by atoms with Crippen molar-refractivity contribution in [1.29, 1.82) is 0 Å². The molecule has 0 bridgehead atoms. The molecule has 0 fully saturated rings. The van der Waals surface area contributed by atoms with Gasteiger partial charge in [-0.05, 0) is 70.5 Å². The molecule has 1 amide bonds. The van der Waals surface area contributed by atoms with Crippen LogP contribution >= 0.6 is 11.3 Å². The first-order valence-corrected chi connectivity index (χ1v) is 11.4. The highest BCUT2D eigenvalue weighted by Gasteiger charge is 2.32. The van der Waals surface area contributed by atoms with E-state index < -0.39 is 6.10 Å². The van der Waals surface area contributed by atoms with Crippen molar-refractivity contribution in [1.82, 2.24) is 4.98 Å². The molecule has 0 radical (unpaired) electrons. The number of aromatic nitrogens is 1. The number of fused-ring (bicyclic) bond motifs is 1. The van der Waals surface area contributed by atoms with Gasteiger partial charge in [0, 0.05) is 10.4 Å². The van der Waals surface area contributed by atoms with Crippen LogP contribution in [0, 0.1) is 13.8 Å². The molecule has 1 unspecified atom stereocenters. The Morgan fingerprint density at radius 3 is 2.53 bits per heavy atom. The molecule has 4 rings (SSSR count). The Kier molecular flexibility index (Phi) is 6.02. The normalized spacial score (nSPS) is 15.5. The molecule has 32 heavy (non-hydrogen) atoms. The molecule has 1 aliphatic heterocycles. The van der Waals surface area contributed by atoms with Gasteiger partial charge in [-0.2, -0.15) is 0 Å². The van der Waals surface area contributed by atoms with Crippen LogP contribution in [0.25, 0.3) is 11.3 Å². The van der Waals surface area contributed by atoms with Crippen LogP contribution in [-0.2, 0) is 16.1 Å². The van der Waals surface area contributed by atoms with E-state index in [0.717, 1.165) is 32.4 Å². The third kappa shape index (κ3) is 4.39. The van der Waals surface area contributed by atoms with Gasteiger partial charge in [0.05, 0.1) is 34.6 Å². The predicted octanol–water partition coefficient (Wildman–Crippen LogP) is 5.31. The number of thiazole rings is 1. The Balaban J connectivity index is 1.64. The van der Waals surface area contributed by atoms with Gasteiger partial charge in [0.25, 0.3) is 5.91 Å². The van der Waals surface area contributed by atoms with Gasteiger partial charge in [-0.25, -0.2) is 9.78 Å². The van der Waals surface area contributed by atoms with E-state index in [2.05, 4.69) is 4.98 Å². The third-order valence-corrected chi connectivity index (χ3v) is 6.10. The molecule has 166 valence electrons. The largest absolute Gasteiger partial charge is 0.479 e. The van der Waals surface area contributed by atoms with E-state index in [1.807, 2.05) is 58.0 Å². The zero-order valence-corrected chi connectivity index (χ0v) is 19.7. The molecular formula is C25H26N2O4S. The minimum absolute atomic E-state index is 0.107. The maximum absolute atomic E-state index is 13.0. The van der Waals surface area contributed by atoms with Gasteiger partial charge in [0.15, 0.2) is 6.10 Å². The highest BCUT2D eigenvalue weighted by Crippen LogP contribution is 2.39. The lowest BCUT2D eigenvalue weighted by Gasteiger charge is -2.33. The maximum atomic E-state index is 13.0. The Morgan fingerprint density at radius 2 is 1.91 bits per heavy atom. The number of hydrogen-bond acceptors (Lipinski definition) is 6. The van der Waals surface area contributed by atoms with E-state index >= 15 is 0 Å². The molecule has 3 aromatic rings. The minimum atomic E-state index is -0.572. The monoisotopic (exact) mass is 450 g/mol. The summed E-state index contributed by atoms with van der Waals surface area (Å²) in [5.74, 6) is 0.207. The quantitative estimate of drug-likeness (QED) is 0.493. The second kappa shape index (κ2) is 8.74. The minimum Gasteiger partial charge on any atom is -0.479 e. The molecule has 1 aliphatic rings. The summed E-state index contributed by atoms with van der Waals surface area (Å²) in [5, 5.41) is 1.00. The van der Waals surface area contributed by atoms with Crippen LogP contribution in [-0.4, -0.2) is 29.1 Å². The van der Waals surface area contributed by atoms with Gasteiger partial charge in [-0.15, -0.1) is 11.3 Å². The van der Waals surface area contributed by atoms with Gasteiger partial charge < -0.3 is 14.4 Å². The lowest BCUT2D eigenvalue weighted by atomic mass is 10.1. The highest BCUT2D eigenvalue weighted by molar-refractivity contribution is 7.11. The van der Waals surface area contributed by atoms with Gasteiger partial charge in [-0.1, -0.05) is 12.1 Å². The van der Waals surface area contributed by atoms with Crippen LogP contribution in [0.15, 0.2) is 42.5 Å². The van der Waals surface area contributed by atoms with Crippen molar-refractivity contribution in [2.24, 2.45) is 0 Å². The number of esters is 1. The van der Waals surface area contributed by atoms with Crippen molar-refractivity contribution < 1.29 is 19.1 Å². The number of rotatable bonds is 5. The average molecular weight is 451 g/mol. The molecule has 0 saturated heterocycles. The Morgan fingerprint density at radius 1 is 1.19 bits per heavy atom. The number of anilines is 1. The Hall–Kier alpha value is -3.19. The van der Waals surface area contributed by atoms with E-state index in [4.69, 9.17) is 9.47 Å². The molecule has 0 spiro atoms. The lowest BCUT2D eigenvalue weighted by Crippen LogP contribution is -2.44. The van der Waals surface area contributed by atoms with E-state index in [1.54, 1.807) is 35.3 Å². The van der Waals surface area contributed by atoms with Crippen LogP contribution in [0.2, 0.25) is 0 Å². The molecule has 1 atom stereocenters. The Labute approximate surface area is 191 Å². The first-order chi connectivity index (χ1) is 15.2. The molecular weight excluding hydrogens is 424 g/mol. The predicted molar refractivity (Wildman–Crippen MR) is 125 cm³/mol. The number of benzene rings is 2. The SMILES string of the molecule is Cc1nc(-c2ccc3c(c2)N(Cc2ccc(C(=O)OC(C)C)cc2)C(=O)C(C)O3)c(C)s1. The summed E-state index contributed by atoms with van der Waals surface area (Å²) in [6.07, 6.45) is -0.748. The number of aryl methyl sites for hydroxylation is 2. The maximum Gasteiger partial charge on any atom is 0.338 e. The Bertz CT molecular complexity index is 1170. The van der Waals surface area contributed by atoms with Crippen molar-refractivity contribution >= 4 is 28.9 Å². The molecule has 7 heteroatoms. The number of carbonyl (C=O) groups excluding carboxylic acids is 2. The summed E-state index contributed by atoms with van der Waals surface area (Å²) in [4.78, 5) is 32.7. The van der Waals surface area contributed by atoms with Gasteiger partial charge in [-0.3, -0.25) is 4.79 Å². The standard InChI is InChI=1S/C25H26N2O4S/c1-14(2)30-25(29)19-8-6-18(7-9-19)13-27-21-12-20(23-16(4)32-17(5)26-23)10-11-22(21)31-15(3)24(27)28/h6-12,14-15H,13H2,1-5H3. The van der Waals surface area contributed by atoms with E-state index in [1.165, 1.54) is 0 Å². The summed E-state index contributed by atoms with van der Waals surface area (Å²) in [5.41, 5.74) is 3.99. The van der Waals surface area contributed by atoms with Crippen molar-refractivity contribution in [3.05, 3.63) is 63.5 Å². The van der Waals surface area contributed by atoms with Crippen molar-refractivity contribution in [3.63, 3.8) is 0 Å². The fourth-order valence-corrected chi connectivity index (χ4v) is 4.57. The smallest absolute Gasteiger partial charge is 0.338 e. The number of hydrogen-bond donors (Lipinski definition) is 0. The lowest BCUT2D eigenvalue weighted by molar-refractivity contribution is -0.125. The van der Waals surface area contributed by atoms with E-state index in [-0.39, 0.29) is 18.0 Å². The van der Waals surface area contributed by atoms with Crippen molar-refractivity contribution in [2.45, 2.75) is 53.4 Å². The summed E-state index contributed by atoms with van der Waals surface area (Å²) in [6.45, 7) is 9.80. The van der Waals surface area contributed by atoms with E-state index in [9.17, 15) is 9.59 Å². The number of nitrogens with zero attached hydrogens (tertiary/aromatic N) is 2. The molecule has 0 aliphatic carbocycles. The topological polar surface area (TPSA) is 68.7 Å². The number of amides is 1. The van der Waals surface area contributed by atoms with Gasteiger partial charge >= 0.3 is 5.97 Å². The fraction of sp³-hybridized carbons (Fsp3) is 0.320. The molecule has 0 saturated carbocycles. The van der Waals surface area contributed by atoms with Crippen LogP contribution in [0.3, 0.4) is 0 Å². The number of carbonyl (C=O) groups is 2. The fourth-order valence-electron chi connectivity index (χ4n) is 3.73. The van der Waals surface area contributed by atoms with Crippen LogP contribution in [0.4, 0.5) is 5.69 Å². The molecule has 1 aromatic heterocycles. The van der Waals surface area contributed by atoms with Crippen molar-refractivity contribution in [3.8, 4) is 17.0 Å². The molecule has 6 nitrogen and oxygen atoms in total. The summed E-state index contributed by atoms with van der Waals surface area (Å²) < 4.78 is 11.1. The van der Waals surface area contributed by atoms with Crippen LogP contribution in [0.1, 0.15) is 46.6 Å². The summed E-state index contributed by atoms with van der Waals surface area (Å²) >= 11 is 1.65. The zero-order chi connectivity index (χ0) is 23.0. The van der Waals surface area contributed by atoms with Crippen LogP contribution in [0.5, 0.6) is 5.75 Å². The summed E-state index contributed by atoms with van der Waals surface area (Å²) in [7, 11) is 0. The van der Waals surface area contributed by atoms with Crippen molar-refractivity contribution in [2.75, 3.05) is 4.90 Å². The second-order valence-electron chi connectivity index (χ2n) is 8.16. The molecule has 2 aromatic carbocycles. The second-order valence-corrected chi connectivity index (χ2v) is 9.56. The molecule has 0 N–H and O–H groups in total. The first-order valence-electron chi connectivity index (χ1n) is 10.6. The number of ether oxygens (including phenoxy) is 2. The van der Waals surface area contributed by atoms with Gasteiger partial charge in [0.2, 0.25) is 0 Å².